The lowest BCUT2D eigenvalue weighted by molar-refractivity contribution is 0.653. The topological polar surface area (TPSA) is 38.9 Å². The molecule has 0 N–H and O–H groups in total. The molecule has 0 fully saturated rings. The van der Waals surface area contributed by atoms with E-state index in [1.54, 1.807) is 0 Å². The van der Waals surface area contributed by atoms with Crippen LogP contribution in [0.4, 0.5) is 0 Å². The first-order valence-corrected chi connectivity index (χ1v) is 11.3. The first-order chi connectivity index (χ1) is 15.4. The molecule has 0 saturated heterocycles. The summed E-state index contributed by atoms with van der Waals surface area (Å²) in [5, 5.41) is 2.26. The lowest BCUT2D eigenvalue weighted by atomic mass is 9.82. The highest BCUT2D eigenvalue weighted by Crippen LogP contribution is 2.52. The first-order valence-electron chi connectivity index (χ1n) is 11.3. The molecule has 32 heavy (non-hydrogen) atoms. The Kier molecular flexibility index (Phi) is 3.92. The summed E-state index contributed by atoms with van der Waals surface area (Å²) in [5.74, 6) is 0.444. The molecule has 1 aliphatic rings. The van der Waals surface area contributed by atoms with Gasteiger partial charge in [-0.15, -0.1) is 0 Å². The van der Waals surface area contributed by atoms with Gasteiger partial charge in [-0.1, -0.05) is 58.0 Å². The van der Waals surface area contributed by atoms with E-state index in [1.807, 2.05) is 18.5 Å². The highest BCUT2D eigenvalue weighted by molar-refractivity contribution is 6.14. The van der Waals surface area contributed by atoms with Gasteiger partial charge in [0.1, 0.15) is 11.2 Å². The number of fused-ring (bicyclic) bond motifs is 7. The lowest BCUT2D eigenvalue weighted by Crippen LogP contribution is -2.14. The quantitative estimate of drug-likeness (QED) is 0.294. The van der Waals surface area contributed by atoms with Crippen molar-refractivity contribution in [3.05, 3.63) is 83.2 Å². The minimum atomic E-state index is -0.0992. The van der Waals surface area contributed by atoms with Crippen molar-refractivity contribution >= 4 is 21.9 Å². The summed E-state index contributed by atoms with van der Waals surface area (Å²) in [7, 11) is 0. The molecule has 0 radical (unpaired) electrons. The summed E-state index contributed by atoms with van der Waals surface area (Å²) in [4.78, 5) is 9.51. The van der Waals surface area contributed by atoms with Crippen molar-refractivity contribution in [2.75, 3.05) is 0 Å². The predicted octanol–water partition coefficient (Wildman–Crippen LogP) is 7.78. The molecule has 1 aliphatic carbocycles. The minimum Gasteiger partial charge on any atom is -0.455 e. The molecule has 0 spiro atoms. The molecule has 3 aromatic heterocycles. The van der Waals surface area contributed by atoms with E-state index < -0.39 is 0 Å². The maximum Gasteiger partial charge on any atom is 0.145 e. The fraction of sp³-hybridized carbons (Fsp3) is 0.241. The van der Waals surface area contributed by atoms with E-state index in [9.17, 15) is 0 Å². The Morgan fingerprint density at radius 3 is 2.34 bits per heavy atom. The van der Waals surface area contributed by atoms with Crippen molar-refractivity contribution in [2.24, 2.45) is 0 Å². The van der Waals surface area contributed by atoms with E-state index in [-0.39, 0.29) is 5.41 Å². The van der Waals surface area contributed by atoms with Gasteiger partial charge in [-0.3, -0.25) is 9.97 Å². The highest BCUT2D eigenvalue weighted by Gasteiger charge is 2.38. The van der Waals surface area contributed by atoms with E-state index in [0.29, 0.717) is 5.92 Å². The zero-order valence-corrected chi connectivity index (χ0v) is 19.2. The number of nitrogens with zero attached hydrogens (tertiary/aromatic N) is 2. The SMILES string of the molecule is Cc1ccc2c(oc3c4c(ccc32)C(C)(C)c2cccnc2-4)c1-c1cc(C(C)C)ccn1. The summed E-state index contributed by atoms with van der Waals surface area (Å²) in [5.41, 5.74) is 10.9. The Hall–Kier alpha value is -3.46. The number of aromatic nitrogens is 2. The third-order valence-corrected chi connectivity index (χ3v) is 7.12. The summed E-state index contributed by atoms with van der Waals surface area (Å²) >= 11 is 0. The monoisotopic (exact) mass is 418 g/mol. The Labute approximate surface area is 188 Å². The summed E-state index contributed by atoms with van der Waals surface area (Å²) in [6.45, 7) is 11.1. The van der Waals surface area contributed by atoms with E-state index >= 15 is 0 Å². The molecular formula is C29H26N2O. The van der Waals surface area contributed by atoms with Crippen LogP contribution < -0.4 is 0 Å². The zero-order chi connectivity index (χ0) is 22.2. The molecule has 3 heterocycles. The number of aryl methyl sites for hydroxylation is 1. The fourth-order valence-electron chi connectivity index (χ4n) is 5.27. The molecule has 0 bridgehead atoms. The average molecular weight is 419 g/mol. The van der Waals surface area contributed by atoms with Gasteiger partial charge in [-0.25, -0.2) is 0 Å². The van der Waals surface area contributed by atoms with Gasteiger partial charge in [-0.05, 0) is 53.3 Å². The van der Waals surface area contributed by atoms with E-state index in [2.05, 4.69) is 77.1 Å². The summed E-state index contributed by atoms with van der Waals surface area (Å²) in [6, 6.07) is 17.3. The van der Waals surface area contributed by atoms with Crippen LogP contribution in [0.3, 0.4) is 0 Å². The van der Waals surface area contributed by atoms with Crippen LogP contribution in [-0.4, -0.2) is 9.97 Å². The van der Waals surface area contributed by atoms with Crippen molar-refractivity contribution in [1.29, 1.82) is 0 Å². The predicted molar refractivity (Wildman–Crippen MR) is 131 cm³/mol. The van der Waals surface area contributed by atoms with E-state index in [0.717, 1.165) is 44.5 Å². The van der Waals surface area contributed by atoms with E-state index in [1.165, 1.54) is 22.3 Å². The minimum absolute atomic E-state index is 0.0992. The molecular weight excluding hydrogens is 392 g/mol. The van der Waals surface area contributed by atoms with Gasteiger partial charge in [0, 0.05) is 39.7 Å². The van der Waals surface area contributed by atoms with Crippen LogP contribution in [-0.2, 0) is 5.41 Å². The standard InChI is InChI=1S/C29H26N2O/c1-16(2)18-12-14-30-23(15-18)24-17(3)8-9-19-20-10-11-21-25(28(20)32-27(19)24)26-22(29(21,4)5)7-6-13-31-26/h6-16H,1-5H3. The molecule has 0 unspecified atom stereocenters. The van der Waals surface area contributed by atoms with Gasteiger partial charge in [0.2, 0.25) is 0 Å². The van der Waals surface area contributed by atoms with Crippen LogP contribution in [0.15, 0.2) is 65.3 Å². The van der Waals surface area contributed by atoms with Gasteiger partial charge in [0.25, 0.3) is 0 Å². The number of furan rings is 1. The molecule has 3 nitrogen and oxygen atoms in total. The van der Waals surface area contributed by atoms with Gasteiger partial charge in [0.05, 0.1) is 11.4 Å². The summed E-state index contributed by atoms with van der Waals surface area (Å²) in [6.07, 6.45) is 3.79. The Morgan fingerprint density at radius 2 is 1.56 bits per heavy atom. The van der Waals surface area contributed by atoms with Crippen LogP contribution >= 0.6 is 0 Å². The number of benzene rings is 2. The molecule has 0 aliphatic heterocycles. The van der Waals surface area contributed by atoms with Gasteiger partial charge < -0.3 is 4.42 Å². The Bertz CT molecular complexity index is 1540. The Morgan fingerprint density at radius 1 is 0.812 bits per heavy atom. The van der Waals surface area contributed by atoms with E-state index in [4.69, 9.17) is 14.4 Å². The van der Waals surface area contributed by atoms with Crippen LogP contribution in [0.25, 0.3) is 44.5 Å². The molecule has 158 valence electrons. The van der Waals surface area contributed by atoms with Gasteiger partial charge in [0.15, 0.2) is 0 Å². The van der Waals surface area contributed by atoms with Crippen molar-refractivity contribution < 1.29 is 4.42 Å². The normalized spacial score (nSPS) is 14.3. The third-order valence-electron chi connectivity index (χ3n) is 7.12. The average Bonchev–Trinajstić information content (AvgIpc) is 3.27. The Balaban J connectivity index is 1.71. The van der Waals surface area contributed by atoms with Gasteiger partial charge >= 0.3 is 0 Å². The number of hydrogen-bond acceptors (Lipinski definition) is 3. The largest absolute Gasteiger partial charge is 0.455 e. The highest BCUT2D eigenvalue weighted by atomic mass is 16.3. The molecule has 3 heteroatoms. The number of pyridine rings is 2. The van der Waals surface area contributed by atoms with Gasteiger partial charge in [-0.2, -0.15) is 0 Å². The van der Waals surface area contributed by atoms with Crippen molar-refractivity contribution in [3.8, 4) is 22.5 Å². The molecule has 2 aromatic carbocycles. The van der Waals surface area contributed by atoms with Crippen LogP contribution in [0.1, 0.15) is 55.9 Å². The van der Waals surface area contributed by atoms with Crippen molar-refractivity contribution in [1.82, 2.24) is 9.97 Å². The second-order valence-electron chi connectivity index (χ2n) is 9.75. The van der Waals surface area contributed by atoms with Crippen molar-refractivity contribution in [2.45, 2.75) is 46.0 Å². The fourth-order valence-corrected chi connectivity index (χ4v) is 5.27. The number of hydrogen-bond donors (Lipinski definition) is 0. The molecule has 0 atom stereocenters. The molecule has 5 aromatic rings. The molecule has 0 amide bonds. The molecule has 0 saturated carbocycles. The second-order valence-corrected chi connectivity index (χ2v) is 9.75. The van der Waals surface area contributed by atoms with Crippen LogP contribution in [0.5, 0.6) is 0 Å². The van der Waals surface area contributed by atoms with Crippen molar-refractivity contribution in [3.63, 3.8) is 0 Å². The number of rotatable bonds is 2. The molecule has 6 rings (SSSR count). The van der Waals surface area contributed by atoms with Crippen LogP contribution in [0, 0.1) is 6.92 Å². The second kappa shape index (κ2) is 6.52. The third kappa shape index (κ3) is 2.48. The first kappa shape index (κ1) is 19.2. The maximum atomic E-state index is 6.73. The zero-order valence-electron chi connectivity index (χ0n) is 19.2. The maximum absolute atomic E-state index is 6.73. The summed E-state index contributed by atoms with van der Waals surface area (Å²) < 4.78 is 6.73. The van der Waals surface area contributed by atoms with Crippen LogP contribution in [0.2, 0.25) is 0 Å². The lowest BCUT2D eigenvalue weighted by Gasteiger charge is -2.20. The smallest absolute Gasteiger partial charge is 0.145 e.